The minimum absolute atomic E-state index is 0.0699. The molecule has 1 amide bonds. The van der Waals surface area contributed by atoms with E-state index in [0.29, 0.717) is 36.3 Å². The highest BCUT2D eigenvalue weighted by Gasteiger charge is 2.34. The molecule has 30 heavy (non-hydrogen) atoms. The van der Waals surface area contributed by atoms with Crippen LogP contribution in [-0.2, 0) is 6.42 Å². The van der Waals surface area contributed by atoms with Crippen molar-refractivity contribution in [2.75, 3.05) is 31.1 Å². The molecule has 3 aromatic rings. The second-order valence-corrected chi connectivity index (χ2v) is 8.82. The van der Waals surface area contributed by atoms with Gasteiger partial charge >= 0.3 is 0 Å². The Morgan fingerprint density at radius 3 is 2.57 bits per heavy atom. The largest absolute Gasteiger partial charge is 0.353 e. The number of anilines is 1. The average Bonchev–Trinajstić information content (AvgIpc) is 3.18. The molecule has 0 aromatic carbocycles. The van der Waals surface area contributed by atoms with E-state index >= 15 is 0 Å². The molecular formula is C22H24N6O2. The Bertz CT molecular complexity index is 1130. The van der Waals surface area contributed by atoms with Gasteiger partial charge in [-0.25, -0.2) is 14.5 Å². The number of piperazine rings is 1. The number of Topliss-reactive ketones (excluding diaryl/α,β-unsaturated/α-hetero) is 1. The molecular weight excluding hydrogens is 380 g/mol. The Labute approximate surface area is 174 Å². The zero-order chi connectivity index (χ0) is 20.9. The van der Waals surface area contributed by atoms with E-state index in [1.54, 1.807) is 23.1 Å². The maximum atomic E-state index is 13.2. The van der Waals surface area contributed by atoms with Crippen molar-refractivity contribution in [1.29, 1.82) is 0 Å². The number of carbonyl (C=O) groups excluding carboxylic acids is 2. The number of hydrogen-bond acceptors (Lipinski definition) is 6. The SMILES string of the molecule is CC1(C)CC(=O)c2cnc3c(C(=O)N4CCN(c5ccccn5)CC4)cnn3c2C1. The van der Waals surface area contributed by atoms with Crippen LogP contribution in [-0.4, -0.2) is 62.4 Å². The predicted octanol–water partition coefficient (Wildman–Crippen LogP) is 2.24. The lowest BCUT2D eigenvalue weighted by atomic mass is 9.76. The summed E-state index contributed by atoms with van der Waals surface area (Å²) < 4.78 is 1.69. The Morgan fingerprint density at radius 1 is 1.03 bits per heavy atom. The first-order chi connectivity index (χ1) is 14.4. The minimum atomic E-state index is -0.129. The highest BCUT2D eigenvalue weighted by atomic mass is 16.2. The van der Waals surface area contributed by atoms with Crippen LogP contribution in [0.1, 0.15) is 46.7 Å². The molecule has 0 radical (unpaired) electrons. The number of carbonyl (C=O) groups is 2. The molecule has 3 aromatic heterocycles. The Morgan fingerprint density at radius 2 is 1.83 bits per heavy atom. The molecule has 0 spiro atoms. The van der Waals surface area contributed by atoms with Crippen molar-refractivity contribution in [2.45, 2.75) is 26.7 Å². The van der Waals surface area contributed by atoms with Crippen LogP contribution in [0.2, 0.25) is 0 Å². The molecule has 0 atom stereocenters. The van der Waals surface area contributed by atoms with Gasteiger partial charge in [-0.1, -0.05) is 19.9 Å². The van der Waals surface area contributed by atoms with Crippen LogP contribution < -0.4 is 4.90 Å². The fourth-order valence-electron chi connectivity index (χ4n) is 4.43. The number of ketones is 1. The van der Waals surface area contributed by atoms with E-state index in [2.05, 4.69) is 33.8 Å². The van der Waals surface area contributed by atoms with Gasteiger partial charge in [0.05, 0.1) is 17.5 Å². The van der Waals surface area contributed by atoms with Crippen LogP contribution in [0.15, 0.2) is 36.8 Å². The number of hydrogen-bond donors (Lipinski definition) is 0. The fourth-order valence-corrected chi connectivity index (χ4v) is 4.43. The van der Waals surface area contributed by atoms with Gasteiger partial charge in [0.25, 0.3) is 5.91 Å². The lowest BCUT2D eigenvalue weighted by molar-refractivity contribution is 0.0748. The van der Waals surface area contributed by atoms with Gasteiger partial charge in [-0.15, -0.1) is 0 Å². The number of nitrogens with zero attached hydrogens (tertiary/aromatic N) is 6. The summed E-state index contributed by atoms with van der Waals surface area (Å²) in [4.78, 5) is 38.6. The number of aromatic nitrogens is 4. The first-order valence-electron chi connectivity index (χ1n) is 10.3. The van der Waals surface area contributed by atoms with E-state index in [9.17, 15) is 9.59 Å². The van der Waals surface area contributed by atoms with Crippen LogP contribution in [0.5, 0.6) is 0 Å². The molecule has 1 aliphatic heterocycles. The molecule has 1 fully saturated rings. The Kier molecular flexibility index (Phi) is 4.30. The fraction of sp³-hybridized carbons (Fsp3) is 0.409. The van der Waals surface area contributed by atoms with Crippen LogP contribution in [0.3, 0.4) is 0 Å². The number of amides is 1. The van der Waals surface area contributed by atoms with Gasteiger partial charge in [-0.05, 0) is 24.0 Å². The van der Waals surface area contributed by atoms with Gasteiger partial charge in [0.2, 0.25) is 0 Å². The van der Waals surface area contributed by atoms with E-state index < -0.39 is 0 Å². The predicted molar refractivity (Wildman–Crippen MR) is 112 cm³/mol. The van der Waals surface area contributed by atoms with E-state index in [1.165, 1.54) is 0 Å². The van der Waals surface area contributed by atoms with Gasteiger partial charge in [0.1, 0.15) is 11.4 Å². The Hall–Kier alpha value is -3.29. The monoisotopic (exact) mass is 404 g/mol. The van der Waals surface area contributed by atoms with Crippen LogP contribution in [0.4, 0.5) is 5.82 Å². The smallest absolute Gasteiger partial charge is 0.259 e. The molecule has 154 valence electrons. The van der Waals surface area contributed by atoms with Crippen LogP contribution >= 0.6 is 0 Å². The lowest BCUT2D eigenvalue weighted by Crippen LogP contribution is -2.49. The number of fused-ring (bicyclic) bond motifs is 3. The highest BCUT2D eigenvalue weighted by Crippen LogP contribution is 2.34. The van der Waals surface area contributed by atoms with E-state index in [-0.39, 0.29) is 17.1 Å². The normalized spacial score (nSPS) is 18.5. The first-order valence-corrected chi connectivity index (χ1v) is 10.3. The zero-order valence-electron chi connectivity index (χ0n) is 17.2. The van der Waals surface area contributed by atoms with Crippen molar-refractivity contribution >= 4 is 23.2 Å². The summed E-state index contributed by atoms with van der Waals surface area (Å²) in [6.07, 6.45) is 6.21. The molecule has 8 heteroatoms. The van der Waals surface area contributed by atoms with Crippen LogP contribution in [0, 0.1) is 5.41 Å². The first kappa shape index (κ1) is 18.7. The molecule has 0 bridgehead atoms. The minimum Gasteiger partial charge on any atom is -0.353 e. The third kappa shape index (κ3) is 3.12. The van der Waals surface area contributed by atoms with Crippen molar-refractivity contribution in [3.05, 3.63) is 53.6 Å². The summed E-state index contributed by atoms with van der Waals surface area (Å²) in [7, 11) is 0. The van der Waals surface area contributed by atoms with Gasteiger partial charge in [-0.2, -0.15) is 5.10 Å². The summed E-state index contributed by atoms with van der Waals surface area (Å²) >= 11 is 0. The second-order valence-electron chi connectivity index (χ2n) is 8.82. The van der Waals surface area contributed by atoms with Crippen molar-refractivity contribution in [3.8, 4) is 0 Å². The molecule has 1 aliphatic carbocycles. The molecule has 4 heterocycles. The summed E-state index contributed by atoms with van der Waals surface area (Å²) in [5, 5.41) is 4.44. The van der Waals surface area contributed by atoms with E-state index in [4.69, 9.17) is 0 Å². The third-order valence-electron chi connectivity index (χ3n) is 5.98. The van der Waals surface area contributed by atoms with Crippen molar-refractivity contribution in [1.82, 2.24) is 24.5 Å². The maximum Gasteiger partial charge on any atom is 0.259 e. The molecule has 2 aliphatic rings. The highest BCUT2D eigenvalue weighted by molar-refractivity contribution is 6.01. The van der Waals surface area contributed by atoms with Gasteiger partial charge in [0.15, 0.2) is 11.4 Å². The third-order valence-corrected chi connectivity index (χ3v) is 5.98. The molecule has 8 nitrogen and oxygen atoms in total. The van der Waals surface area contributed by atoms with Gasteiger partial charge in [-0.3, -0.25) is 9.59 Å². The van der Waals surface area contributed by atoms with Crippen molar-refractivity contribution < 1.29 is 9.59 Å². The average molecular weight is 404 g/mol. The number of pyridine rings is 1. The summed E-state index contributed by atoms with van der Waals surface area (Å²) in [5.41, 5.74) is 2.35. The van der Waals surface area contributed by atoms with Crippen molar-refractivity contribution in [3.63, 3.8) is 0 Å². The standard InChI is InChI=1S/C22H24N6O2/c1-22(2)11-17-15(18(29)12-22)13-24-20-16(14-25-28(17)20)21(30)27-9-7-26(8-10-27)19-5-3-4-6-23-19/h3-6,13-14H,7-12H2,1-2H3. The quantitative estimate of drug-likeness (QED) is 0.651. The van der Waals surface area contributed by atoms with Crippen molar-refractivity contribution in [2.24, 2.45) is 5.41 Å². The summed E-state index contributed by atoms with van der Waals surface area (Å²) in [6, 6.07) is 5.85. The topological polar surface area (TPSA) is 83.7 Å². The van der Waals surface area contributed by atoms with Gasteiger partial charge < -0.3 is 9.80 Å². The second kappa shape index (κ2) is 6.90. The zero-order valence-corrected chi connectivity index (χ0v) is 17.2. The van der Waals surface area contributed by atoms with Gasteiger partial charge in [0, 0.05) is 45.0 Å². The Balaban J connectivity index is 1.40. The maximum absolute atomic E-state index is 13.2. The molecule has 5 rings (SSSR count). The molecule has 0 saturated carbocycles. The van der Waals surface area contributed by atoms with E-state index in [0.717, 1.165) is 31.0 Å². The summed E-state index contributed by atoms with van der Waals surface area (Å²) in [6.45, 7) is 6.85. The van der Waals surface area contributed by atoms with E-state index in [1.807, 2.05) is 23.1 Å². The summed E-state index contributed by atoms with van der Waals surface area (Å²) in [5.74, 6) is 0.949. The number of rotatable bonds is 2. The van der Waals surface area contributed by atoms with Crippen LogP contribution in [0.25, 0.3) is 5.65 Å². The molecule has 0 unspecified atom stereocenters. The lowest BCUT2D eigenvalue weighted by Gasteiger charge is -2.35. The molecule has 0 N–H and O–H groups in total. The molecule has 1 saturated heterocycles.